The maximum absolute atomic E-state index is 13.6. The first-order valence-corrected chi connectivity index (χ1v) is 18.8. The van der Waals surface area contributed by atoms with Gasteiger partial charge in [-0.25, -0.2) is 8.42 Å². The van der Waals surface area contributed by atoms with E-state index in [1.54, 1.807) is 39.7 Å². The minimum Gasteiger partial charge on any atom is -0.497 e. The molecule has 0 saturated carbocycles. The summed E-state index contributed by atoms with van der Waals surface area (Å²) in [6.07, 6.45) is -0.0535. The monoisotopic (exact) mass is 715 g/mol. The quantitative estimate of drug-likeness (QED) is 0.171. The van der Waals surface area contributed by atoms with E-state index in [2.05, 4.69) is 0 Å². The highest BCUT2D eigenvalue weighted by atomic mass is 32.2. The predicted molar refractivity (Wildman–Crippen MR) is 185 cm³/mol. The summed E-state index contributed by atoms with van der Waals surface area (Å²) in [5.74, 6) is -0.626. The molecule has 15 nitrogen and oxygen atoms in total. The average molecular weight is 716 g/mol. The van der Waals surface area contributed by atoms with E-state index in [0.29, 0.717) is 38.3 Å². The summed E-state index contributed by atoms with van der Waals surface area (Å²) >= 11 is 0. The summed E-state index contributed by atoms with van der Waals surface area (Å²) in [5.41, 5.74) is 0.899. The van der Waals surface area contributed by atoms with Crippen LogP contribution in [0.5, 0.6) is 5.75 Å². The Labute approximate surface area is 292 Å². The third-order valence-corrected chi connectivity index (χ3v) is 9.30. The zero-order valence-corrected chi connectivity index (χ0v) is 30.9. The Morgan fingerprint density at radius 2 is 1.29 bits per heavy atom. The fourth-order valence-electron chi connectivity index (χ4n) is 5.68. The molecule has 1 fully saturated rings. The Bertz CT molecular complexity index is 1250. The molecule has 1 aromatic carbocycles. The molecule has 280 valence electrons. The van der Waals surface area contributed by atoms with Crippen LogP contribution in [0.2, 0.25) is 0 Å². The van der Waals surface area contributed by atoms with Crippen molar-refractivity contribution in [2.45, 2.75) is 46.4 Å². The zero-order chi connectivity index (χ0) is 36.4. The fourth-order valence-corrected chi connectivity index (χ4v) is 6.74. The van der Waals surface area contributed by atoms with Crippen molar-refractivity contribution in [1.82, 2.24) is 23.9 Å². The number of rotatable bonds is 17. The van der Waals surface area contributed by atoms with Crippen LogP contribution in [0.4, 0.5) is 0 Å². The summed E-state index contributed by atoms with van der Waals surface area (Å²) in [4.78, 5) is 45.7. The van der Waals surface area contributed by atoms with Gasteiger partial charge >= 0.3 is 17.9 Å². The molecular formula is C33H57N5O10S. The number of esters is 3. The van der Waals surface area contributed by atoms with E-state index in [1.807, 2.05) is 39.0 Å². The second-order valence-corrected chi connectivity index (χ2v) is 13.9. The van der Waals surface area contributed by atoms with E-state index in [9.17, 15) is 27.9 Å². The van der Waals surface area contributed by atoms with Crippen molar-refractivity contribution in [2.24, 2.45) is 0 Å². The number of hydrogen-bond acceptors (Lipinski definition) is 14. The molecule has 1 saturated heterocycles. The number of aliphatic hydroxyl groups excluding tert-OH is 1. The average Bonchev–Trinajstić information content (AvgIpc) is 3.02. The highest BCUT2D eigenvalue weighted by Crippen LogP contribution is 2.18. The molecule has 1 N–H and O–H groups in total. The van der Waals surface area contributed by atoms with Crippen molar-refractivity contribution in [3.63, 3.8) is 0 Å². The number of aliphatic hydroxyl groups is 1. The Morgan fingerprint density at radius 3 is 1.73 bits per heavy atom. The van der Waals surface area contributed by atoms with Crippen molar-refractivity contribution in [3.8, 4) is 5.75 Å². The SMILES string of the molecule is CCOC(=O)CN1CCN(CC(=O)OCC)CCN(CC(=O)OCC)C(N(CCc2ccc(OC)cc2)S(C)(=O)=O)CN(CC(C)O)CC1. The van der Waals surface area contributed by atoms with E-state index in [0.717, 1.165) is 11.8 Å². The number of ether oxygens (including phenoxy) is 4. The standard InChI is InChI=1S/C33H57N5O10S/c1-7-46-31(40)24-34-16-17-35(25-32(41)47-8-2)20-21-37(26-33(42)48-9-3)30(23-36(19-18-34)22-27(4)39)38(49(6,43)44)15-14-28-10-12-29(45-5)13-11-28/h10-13,27,30,39H,7-9,14-26H2,1-6H3. The lowest BCUT2D eigenvalue weighted by atomic mass is 10.1. The Balaban J connectivity index is 2.59. The Hall–Kier alpha value is -2.86. The molecule has 1 aliphatic heterocycles. The molecule has 1 aliphatic rings. The predicted octanol–water partition coefficient (Wildman–Crippen LogP) is 0.117. The van der Waals surface area contributed by atoms with Crippen LogP contribution in [0.1, 0.15) is 33.3 Å². The molecule has 2 unspecified atom stereocenters. The van der Waals surface area contributed by atoms with E-state index in [-0.39, 0.29) is 78.1 Å². The Kier molecular flexibility index (Phi) is 19.0. The summed E-state index contributed by atoms with van der Waals surface area (Å²) in [7, 11) is -2.28. The molecule has 16 heteroatoms. The smallest absolute Gasteiger partial charge is 0.320 e. The van der Waals surface area contributed by atoms with Gasteiger partial charge in [0.05, 0.1) is 65.1 Å². The van der Waals surface area contributed by atoms with Crippen LogP contribution in [-0.2, 0) is 45.0 Å². The molecule has 0 amide bonds. The number of nitrogens with zero attached hydrogens (tertiary/aromatic N) is 5. The van der Waals surface area contributed by atoms with E-state index >= 15 is 0 Å². The normalized spacial score (nSPS) is 18.7. The van der Waals surface area contributed by atoms with Crippen LogP contribution in [0.3, 0.4) is 0 Å². The molecular weight excluding hydrogens is 658 g/mol. The maximum Gasteiger partial charge on any atom is 0.320 e. The highest BCUT2D eigenvalue weighted by molar-refractivity contribution is 7.88. The van der Waals surface area contributed by atoms with Gasteiger partial charge in [-0.05, 0) is 51.8 Å². The van der Waals surface area contributed by atoms with E-state index < -0.39 is 34.2 Å². The van der Waals surface area contributed by atoms with Crippen molar-refractivity contribution < 1.29 is 46.9 Å². The first-order chi connectivity index (χ1) is 23.3. The molecule has 0 aromatic heterocycles. The third-order valence-electron chi connectivity index (χ3n) is 8.03. The van der Waals surface area contributed by atoms with Gasteiger partial charge in [-0.1, -0.05) is 12.1 Å². The number of carbonyl (C=O) groups excluding carboxylic acids is 3. The number of methoxy groups -OCH3 is 1. The first kappa shape index (κ1) is 42.3. The van der Waals surface area contributed by atoms with Crippen LogP contribution in [-0.4, -0.2) is 179 Å². The van der Waals surface area contributed by atoms with Crippen LogP contribution < -0.4 is 4.74 Å². The van der Waals surface area contributed by atoms with Gasteiger partial charge in [0, 0.05) is 58.9 Å². The zero-order valence-electron chi connectivity index (χ0n) is 30.0. The van der Waals surface area contributed by atoms with Crippen LogP contribution >= 0.6 is 0 Å². The maximum atomic E-state index is 13.6. The lowest BCUT2D eigenvalue weighted by molar-refractivity contribution is -0.147. The highest BCUT2D eigenvalue weighted by Gasteiger charge is 2.35. The van der Waals surface area contributed by atoms with Gasteiger partial charge in [0.15, 0.2) is 0 Å². The van der Waals surface area contributed by atoms with Gasteiger partial charge in [-0.15, -0.1) is 0 Å². The minimum absolute atomic E-state index is 0.0271. The van der Waals surface area contributed by atoms with Gasteiger partial charge in [-0.3, -0.25) is 34.0 Å². The van der Waals surface area contributed by atoms with Crippen molar-refractivity contribution in [2.75, 3.05) is 112 Å². The molecule has 0 radical (unpaired) electrons. The topological polar surface area (TPSA) is 159 Å². The van der Waals surface area contributed by atoms with Crippen molar-refractivity contribution >= 4 is 27.9 Å². The van der Waals surface area contributed by atoms with Crippen LogP contribution in [0, 0.1) is 0 Å². The molecule has 1 heterocycles. The molecule has 2 rings (SSSR count). The van der Waals surface area contributed by atoms with E-state index in [4.69, 9.17) is 18.9 Å². The molecule has 49 heavy (non-hydrogen) atoms. The van der Waals surface area contributed by atoms with Gasteiger partial charge in [0.2, 0.25) is 10.0 Å². The third kappa shape index (κ3) is 16.1. The van der Waals surface area contributed by atoms with Crippen molar-refractivity contribution in [1.29, 1.82) is 0 Å². The second-order valence-electron chi connectivity index (χ2n) is 12.0. The second kappa shape index (κ2) is 22.1. The minimum atomic E-state index is -3.85. The van der Waals surface area contributed by atoms with E-state index in [1.165, 1.54) is 4.31 Å². The lowest BCUT2D eigenvalue weighted by Crippen LogP contribution is -2.60. The number of β-amino-alcohol motifs (C(OH)–C–C–N with tert-alkyl or cyclic N) is 1. The van der Waals surface area contributed by atoms with Crippen LogP contribution in [0.15, 0.2) is 24.3 Å². The lowest BCUT2D eigenvalue weighted by Gasteiger charge is -2.42. The van der Waals surface area contributed by atoms with Gasteiger partial charge in [0.1, 0.15) is 5.75 Å². The number of sulfonamides is 1. The molecule has 0 spiro atoms. The molecule has 2 atom stereocenters. The van der Waals surface area contributed by atoms with Crippen LogP contribution in [0.25, 0.3) is 0 Å². The van der Waals surface area contributed by atoms with Crippen molar-refractivity contribution in [3.05, 3.63) is 29.8 Å². The fraction of sp³-hybridized carbons (Fsp3) is 0.727. The first-order valence-electron chi connectivity index (χ1n) is 16.9. The van der Waals surface area contributed by atoms with Gasteiger partial charge in [-0.2, -0.15) is 4.31 Å². The largest absolute Gasteiger partial charge is 0.497 e. The van der Waals surface area contributed by atoms with Gasteiger partial charge in [0.25, 0.3) is 0 Å². The molecule has 0 bridgehead atoms. The molecule has 1 aromatic rings. The number of carbonyl (C=O) groups is 3. The summed E-state index contributed by atoms with van der Waals surface area (Å²) in [6, 6.07) is 7.38. The summed E-state index contributed by atoms with van der Waals surface area (Å²) < 4.78 is 49.6. The summed E-state index contributed by atoms with van der Waals surface area (Å²) in [6.45, 7) is 9.81. The Morgan fingerprint density at radius 1 is 0.816 bits per heavy atom. The molecule has 0 aliphatic carbocycles. The summed E-state index contributed by atoms with van der Waals surface area (Å²) in [5, 5.41) is 10.5. The number of hydrogen-bond donors (Lipinski definition) is 1. The van der Waals surface area contributed by atoms with Gasteiger partial charge < -0.3 is 24.1 Å². The number of benzene rings is 1.